The number of aryl methyl sites for hydroxylation is 2. The monoisotopic (exact) mass is 255 g/mol. The molecule has 0 unspecified atom stereocenters. The van der Waals surface area contributed by atoms with E-state index in [2.05, 4.69) is 10.1 Å². The number of benzene rings is 1. The number of ether oxygens (including phenoxy) is 1. The lowest BCUT2D eigenvalue weighted by Crippen LogP contribution is -2.09. The highest BCUT2D eigenvalue weighted by Crippen LogP contribution is 2.25. The van der Waals surface area contributed by atoms with Crippen LogP contribution in [0.15, 0.2) is 36.7 Å². The summed E-state index contributed by atoms with van der Waals surface area (Å²) in [5.41, 5.74) is 2.35. The number of rotatable bonds is 2. The van der Waals surface area contributed by atoms with Crippen LogP contribution in [-0.4, -0.2) is 20.7 Å². The number of aromatic amines is 1. The Hall–Kier alpha value is -2.56. The summed E-state index contributed by atoms with van der Waals surface area (Å²) in [5.74, 6) is 0.163. The molecule has 0 spiro atoms. The first-order valence-corrected chi connectivity index (χ1v) is 5.93. The number of nitrogens with one attached hydrogen (secondary N) is 1. The highest BCUT2D eigenvalue weighted by molar-refractivity contribution is 5.90. The molecule has 0 aliphatic heterocycles. The summed E-state index contributed by atoms with van der Waals surface area (Å²) in [4.78, 5) is 14.7. The fourth-order valence-electron chi connectivity index (χ4n) is 2.01. The Balaban J connectivity index is 1.97. The van der Waals surface area contributed by atoms with Gasteiger partial charge in [0.15, 0.2) is 0 Å². The van der Waals surface area contributed by atoms with Crippen molar-refractivity contribution >= 4 is 16.9 Å². The molecular weight excluding hydrogens is 242 g/mol. The molecule has 0 aliphatic carbocycles. The number of carbonyl (C=O) groups excluding carboxylic acids is 1. The van der Waals surface area contributed by atoms with E-state index in [1.807, 2.05) is 26.1 Å². The van der Waals surface area contributed by atoms with Crippen LogP contribution in [0.2, 0.25) is 0 Å². The van der Waals surface area contributed by atoms with Crippen LogP contribution in [0.4, 0.5) is 0 Å². The summed E-state index contributed by atoms with van der Waals surface area (Å²) in [5, 5.41) is 5.12. The first-order valence-electron chi connectivity index (χ1n) is 5.93. The van der Waals surface area contributed by atoms with Gasteiger partial charge in [-0.05, 0) is 36.8 Å². The van der Waals surface area contributed by atoms with Gasteiger partial charge in [-0.25, -0.2) is 4.79 Å². The first-order chi connectivity index (χ1) is 9.15. The normalized spacial score (nSPS) is 10.8. The second-order valence-electron chi connectivity index (χ2n) is 4.42. The molecule has 3 aromatic rings. The van der Waals surface area contributed by atoms with Crippen molar-refractivity contribution in [2.24, 2.45) is 7.05 Å². The van der Waals surface area contributed by atoms with Crippen LogP contribution >= 0.6 is 0 Å². The lowest BCUT2D eigenvalue weighted by Gasteiger charge is -2.07. The van der Waals surface area contributed by atoms with Crippen molar-refractivity contribution in [3.05, 3.63) is 47.9 Å². The maximum Gasteiger partial charge on any atom is 0.360 e. The number of hydrogen-bond acceptors (Lipinski definition) is 3. The number of hydrogen-bond donors (Lipinski definition) is 1. The molecule has 3 rings (SSSR count). The van der Waals surface area contributed by atoms with E-state index in [1.165, 1.54) is 0 Å². The Morgan fingerprint density at radius 2 is 2.26 bits per heavy atom. The molecule has 19 heavy (non-hydrogen) atoms. The fourth-order valence-corrected chi connectivity index (χ4v) is 2.01. The largest absolute Gasteiger partial charge is 0.422 e. The summed E-state index contributed by atoms with van der Waals surface area (Å²) < 4.78 is 7.19. The van der Waals surface area contributed by atoms with Gasteiger partial charge in [-0.15, -0.1) is 0 Å². The van der Waals surface area contributed by atoms with Gasteiger partial charge in [0.05, 0.1) is 11.7 Å². The van der Waals surface area contributed by atoms with Crippen molar-refractivity contribution in [1.29, 1.82) is 0 Å². The van der Waals surface area contributed by atoms with Gasteiger partial charge in [0.25, 0.3) is 0 Å². The molecule has 0 atom stereocenters. The molecule has 0 bridgehead atoms. The van der Waals surface area contributed by atoms with Crippen molar-refractivity contribution < 1.29 is 9.53 Å². The summed E-state index contributed by atoms with van der Waals surface area (Å²) in [6, 6.07) is 7.23. The predicted octanol–water partition coefficient (Wildman–Crippen LogP) is 2.43. The van der Waals surface area contributed by atoms with E-state index in [1.54, 1.807) is 29.2 Å². The zero-order valence-corrected chi connectivity index (χ0v) is 10.7. The smallest absolute Gasteiger partial charge is 0.360 e. The number of nitrogens with zero attached hydrogens (tertiary/aromatic N) is 2. The standard InChI is InChI=1S/C14H13N3O2/c1-9-6-12-10(8-16-17(12)2)7-13(9)19-14(18)11-4-3-5-15-11/h3-8,15H,1-2H3. The van der Waals surface area contributed by atoms with Gasteiger partial charge in [-0.2, -0.15) is 5.10 Å². The molecule has 0 saturated heterocycles. The molecule has 0 aliphatic rings. The van der Waals surface area contributed by atoms with Gasteiger partial charge in [-0.3, -0.25) is 4.68 Å². The summed E-state index contributed by atoms with van der Waals surface area (Å²) in [6.45, 7) is 1.91. The van der Waals surface area contributed by atoms with Crippen LogP contribution in [0.5, 0.6) is 5.75 Å². The fraction of sp³-hybridized carbons (Fsp3) is 0.143. The molecule has 0 amide bonds. The number of esters is 1. The molecular formula is C14H13N3O2. The van der Waals surface area contributed by atoms with E-state index in [0.717, 1.165) is 16.5 Å². The van der Waals surface area contributed by atoms with Crippen LogP contribution in [0, 0.1) is 6.92 Å². The highest BCUT2D eigenvalue weighted by Gasteiger charge is 2.12. The maximum absolute atomic E-state index is 11.9. The average molecular weight is 255 g/mol. The minimum Gasteiger partial charge on any atom is -0.422 e. The number of H-pyrrole nitrogens is 1. The van der Waals surface area contributed by atoms with Crippen molar-refractivity contribution in [2.75, 3.05) is 0 Å². The molecule has 0 fully saturated rings. The van der Waals surface area contributed by atoms with E-state index in [9.17, 15) is 4.79 Å². The van der Waals surface area contributed by atoms with E-state index in [0.29, 0.717) is 11.4 Å². The molecule has 1 N–H and O–H groups in total. The lowest BCUT2D eigenvalue weighted by atomic mass is 10.1. The van der Waals surface area contributed by atoms with Crippen LogP contribution in [-0.2, 0) is 7.05 Å². The number of aromatic nitrogens is 3. The molecule has 5 heteroatoms. The zero-order chi connectivity index (χ0) is 13.4. The van der Waals surface area contributed by atoms with Gasteiger partial charge >= 0.3 is 5.97 Å². The van der Waals surface area contributed by atoms with E-state index >= 15 is 0 Å². The minimum atomic E-state index is -0.392. The van der Waals surface area contributed by atoms with E-state index < -0.39 is 5.97 Å². The van der Waals surface area contributed by atoms with Crippen LogP contribution in [0.25, 0.3) is 10.9 Å². The van der Waals surface area contributed by atoms with Gasteiger partial charge < -0.3 is 9.72 Å². The number of fused-ring (bicyclic) bond motifs is 1. The molecule has 96 valence electrons. The third-order valence-electron chi connectivity index (χ3n) is 3.06. The maximum atomic E-state index is 11.9. The van der Waals surface area contributed by atoms with E-state index in [-0.39, 0.29) is 0 Å². The Labute approximate surface area is 109 Å². The second kappa shape index (κ2) is 4.28. The Bertz CT molecular complexity index is 741. The van der Waals surface area contributed by atoms with Gasteiger partial charge in [0, 0.05) is 18.6 Å². The molecule has 0 saturated carbocycles. The van der Waals surface area contributed by atoms with Gasteiger partial charge in [0.1, 0.15) is 11.4 Å². The summed E-state index contributed by atoms with van der Waals surface area (Å²) in [7, 11) is 1.88. The predicted molar refractivity (Wildman–Crippen MR) is 71.2 cm³/mol. The Morgan fingerprint density at radius 3 is 3.00 bits per heavy atom. The van der Waals surface area contributed by atoms with Crippen molar-refractivity contribution in [2.45, 2.75) is 6.92 Å². The minimum absolute atomic E-state index is 0.392. The van der Waals surface area contributed by atoms with Crippen molar-refractivity contribution in [1.82, 2.24) is 14.8 Å². The average Bonchev–Trinajstić information content (AvgIpc) is 3.02. The van der Waals surface area contributed by atoms with Gasteiger partial charge in [0.2, 0.25) is 0 Å². The SMILES string of the molecule is Cc1cc2c(cnn2C)cc1OC(=O)c1ccc[nH]1. The highest BCUT2D eigenvalue weighted by atomic mass is 16.5. The molecule has 2 aromatic heterocycles. The van der Waals surface area contributed by atoms with Crippen LogP contribution in [0.1, 0.15) is 16.1 Å². The van der Waals surface area contributed by atoms with Crippen molar-refractivity contribution in [3.8, 4) is 5.75 Å². The third kappa shape index (κ3) is 1.99. The van der Waals surface area contributed by atoms with Crippen LogP contribution in [0.3, 0.4) is 0 Å². The second-order valence-corrected chi connectivity index (χ2v) is 4.42. The first kappa shape index (κ1) is 11.5. The van der Waals surface area contributed by atoms with Crippen LogP contribution < -0.4 is 4.74 Å². The number of carbonyl (C=O) groups is 1. The molecule has 1 aromatic carbocycles. The third-order valence-corrected chi connectivity index (χ3v) is 3.06. The Kier molecular flexibility index (Phi) is 2.59. The van der Waals surface area contributed by atoms with E-state index in [4.69, 9.17) is 4.74 Å². The zero-order valence-electron chi connectivity index (χ0n) is 10.7. The molecule has 5 nitrogen and oxygen atoms in total. The molecule has 2 heterocycles. The lowest BCUT2D eigenvalue weighted by molar-refractivity contribution is 0.0728. The van der Waals surface area contributed by atoms with Gasteiger partial charge in [-0.1, -0.05) is 0 Å². The Morgan fingerprint density at radius 1 is 1.42 bits per heavy atom. The van der Waals surface area contributed by atoms with Crippen molar-refractivity contribution in [3.63, 3.8) is 0 Å². The summed E-state index contributed by atoms with van der Waals surface area (Å²) in [6.07, 6.45) is 3.44. The summed E-state index contributed by atoms with van der Waals surface area (Å²) >= 11 is 0. The topological polar surface area (TPSA) is 59.9 Å². The molecule has 0 radical (unpaired) electrons. The quantitative estimate of drug-likeness (QED) is 0.565.